The van der Waals surface area contributed by atoms with Gasteiger partial charge in [0.1, 0.15) is 5.82 Å². The SMILES string of the molecule is CN1CC(=O)OB(C(c2cccc(Cl)c2)C(F)F)OC(=O)C1. The number of likely N-dealkylation sites (N-methyl/N-ethyl adjacent to an activating group) is 1. The number of nitrogens with zero attached hydrogens (tertiary/aromatic N) is 1. The Labute approximate surface area is 131 Å². The minimum atomic E-state index is -2.90. The van der Waals surface area contributed by atoms with E-state index in [1.807, 2.05) is 0 Å². The van der Waals surface area contributed by atoms with Gasteiger partial charge in [-0.05, 0) is 24.7 Å². The van der Waals surface area contributed by atoms with Crippen molar-refractivity contribution in [2.24, 2.45) is 0 Å². The fourth-order valence-electron chi connectivity index (χ4n) is 2.14. The van der Waals surface area contributed by atoms with Crippen LogP contribution in [0.2, 0.25) is 5.02 Å². The molecule has 1 atom stereocenters. The Bertz CT molecular complexity index is 555. The van der Waals surface area contributed by atoms with Gasteiger partial charge >= 0.3 is 19.1 Å². The first kappa shape index (κ1) is 16.7. The molecule has 1 aliphatic rings. The molecule has 1 aliphatic heterocycles. The first-order chi connectivity index (χ1) is 10.4. The Balaban J connectivity index is 2.30. The zero-order valence-corrected chi connectivity index (χ0v) is 12.4. The lowest BCUT2D eigenvalue weighted by molar-refractivity contribution is -0.146. The molecule has 1 unspecified atom stereocenters. The zero-order chi connectivity index (χ0) is 16.3. The average Bonchev–Trinajstić information content (AvgIpc) is 2.36. The van der Waals surface area contributed by atoms with Gasteiger partial charge in [0.05, 0.1) is 13.1 Å². The predicted molar refractivity (Wildman–Crippen MR) is 75.6 cm³/mol. The normalized spacial score (nSPS) is 18.5. The molecule has 1 aromatic rings. The highest BCUT2D eigenvalue weighted by atomic mass is 35.5. The van der Waals surface area contributed by atoms with E-state index in [-0.39, 0.29) is 23.7 Å². The number of rotatable bonds is 3. The fraction of sp³-hybridized carbons (Fsp3) is 0.385. The number of halogens is 3. The van der Waals surface area contributed by atoms with E-state index in [9.17, 15) is 18.4 Å². The number of benzene rings is 1. The monoisotopic (exact) mass is 331 g/mol. The molecule has 0 spiro atoms. The molecule has 1 saturated heterocycles. The first-order valence-corrected chi connectivity index (χ1v) is 6.85. The largest absolute Gasteiger partial charge is 0.612 e. The van der Waals surface area contributed by atoms with E-state index < -0.39 is 31.3 Å². The highest BCUT2D eigenvalue weighted by Gasteiger charge is 2.45. The standard InChI is InChI=1S/C13H13BClF2NO4/c1-18-6-10(19)21-14(22-11(20)7-18)12(13(16)17)8-3-2-4-9(15)5-8/h2-5,12-13H,6-7H2,1H3. The van der Waals surface area contributed by atoms with E-state index in [1.165, 1.54) is 36.2 Å². The maximum atomic E-state index is 13.4. The van der Waals surface area contributed by atoms with Crippen molar-refractivity contribution in [3.63, 3.8) is 0 Å². The van der Waals surface area contributed by atoms with Crippen LogP contribution < -0.4 is 0 Å². The number of carbonyl (C=O) groups excluding carboxylic acids is 2. The molecule has 22 heavy (non-hydrogen) atoms. The van der Waals surface area contributed by atoms with Crippen molar-refractivity contribution in [1.29, 1.82) is 0 Å². The molecule has 1 aromatic carbocycles. The van der Waals surface area contributed by atoms with Crippen molar-refractivity contribution in [2.75, 3.05) is 20.1 Å². The van der Waals surface area contributed by atoms with E-state index in [4.69, 9.17) is 20.9 Å². The van der Waals surface area contributed by atoms with Crippen molar-refractivity contribution < 1.29 is 27.7 Å². The van der Waals surface area contributed by atoms with Crippen LogP contribution in [-0.4, -0.2) is 50.5 Å². The summed E-state index contributed by atoms with van der Waals surface area (Å²) in [5.41, 5.74) is 0.127. The maximum absolute atomic E-state index is 13.4. The number of carbonyl (C=O) groups is 2. The van der Waals surface area contributed by atoms with Gasteiger partial charge in [0, 0.05) is 5.02 Å². The van der Waals surface area contributed by atoms with E-state index in [0.717, 1.165) is 0 Å². The second kappa shape index (κ2) is 7.06. The summed E-state index contributed by atoms with van der Waals surface area (Å²) in [6.45, 7) is -0.367. The first-order valence-electron chi connectivity index (χ1n) is 6.48. The maximum Gasteiger partial charge on any atom is 0.612 e. The van der Waals surface area contributed by atoms with Crippen molar-refractivity contribution in [3.05, 3.63) is 34.9 Å². The molecule has 0 bridgehead atoms. The summed E-state index contributed by atoms with van der Waals surface area (Å²) in [5, 5.41) is 0.256. The molecular formula is C13H13BClF2NO4. The van der Waals surface area contributed by atoms with Crippen LogP contribution in [0.15, 0.2) is 24.3 Å². The van der Waals surface area contributed by atoms with Gasteiger partial charge < -0.3 is 9.31 Å². The van der Waals surface area contributed by atoms with Crippen LogP contribution in [0.1, 0.15) is 11.4 Å². The Kier molecular flexibility index (Phi) is 5.36. The summed E-state index contributed by atoms with van der Waals surface area (Å²) in [6, 6.07) is 5.76. The van der Waals surface area contributed by atoms with Gasteiger partial charge in [-0.2, -0.15) is 0 Å². The lowest BCUT2D eigenvalue weighted by Crippen LogP contribution is -2.46. The number of alkyl halides is 2. The lowest BCUT2D eigenvalue weighted by atomic mass is 9.67. The third kappa shape index (κ3) is 4.17. The molecule has 9 heteroatoms. The molecule has 118 valence electrons. The van der Waals surface area contributed by atoms with Crippen LogP contribution in [0.5, 0.6) is 0 Å². The van der Waals surface area contributed by atoms with Gasteiger partial charge in [0.25, 0.3) is 0 Å². The van der Waals surface area contributed by atoms with Crippen molar-refractivity contribution in [1.82, 2.24) is 4.90 Å². The van der Waals surface area contributed by atoms with Gasteiger partial charge in [0.2, 0.25) is 6.43 Å². The smallest absolute Gasteiger partial charge is 0.498 e. The van der Waals surface area contributed by atoms with Crippen molar-refractivity contribution >= 4 is 30.7 Å². The third-order valence-corrected chi connectivity index (χ3v) is 3.33. The summed E-state index contributed by atoms with van der Waals surface area (Å²) in [7, 11) is -0.170. The third-order valence-electron chi connectivity index (χ3n) is 3.09. The van der Waals surface area contributed by atoms with Crippen LogP contribution in [0, 0.1) is 0 Å². The van der Waals surface area contributed by atoms with E-state index in [0.29, 0.717) is 0 Å². The highest BCUT2D eigenvalue weighted by Crippen LogP contribution is 2.29. The molecule has 0 N–H and O–H groups in total. The average molecular weight is 332 g/mol. The van der Waals surface area contributed by atoms with E-state index in [2.05, 4.69) is 0 Å². The van der Waals surface area contributed by atoms with E-state index >= 15 is 0 Å². The molecule has 2 rings (SSSR count). The number of hydrogen-bond acceptors (Lipinski definition) is 5. The van der Waals surface area contributed by atoms with Gasteiger partial charge in [-0.1, -0.05) is 23.7 Å². The molecule has 0 radical (unpaired) electrons. The quantitative estimate of drug-likeness (QED) is 0.790. The molecule has 0 aromatic heterocycles. The molecule has 1 heterocycles. The molecular weight excluding hydrogens is 318 g/mol. The van der Waals surface area contributed by atoms with Gasteiger partial charge in [-0.15, -0.1) is 0 Å². The summed E-state index contributed by atoms with van der Waals surface area (Å²) < 4.78 is 36.7. The van der Waals surface area contributed by atoms with Crippen LogP contribution in [0.3, 0.4) is 0 Å². The molecule has 5 nitrogen and oxygen atoms in total. The van der Waals surface area contributed by atoms with Gasteiger partial charge in [-0.25, -0.2) is 8.78 Å². The fourth-order valence-corrected chi connectivity index (χ4v) is 2.34. The molecule has 0 amide bonds. The second-order valence-electron chi connectivity index (χ2n) is 4.94. The molecule has 0 saturated carbocycles. The van der Waals surface area contributed by atoms with Crippen LogP contribution in [-0.2, 0) is 18.9 Å². The summed E-state index contributed by atoms with van der Waals surface area (Å²) in [6.07, 6.45) is -2.90. The summed E-state index contributed by atoms with van der Waals surface area (Å²) in [5.74, 6) is -3.09. The highest BCUT2D eigenvalue weighted by molar-refractivity contribution is 6.51. The lowest BCUT2D eigenvalue weighted by Gasteiger charge is -2.26. The van der Waals surface area contributed by atoms with Crippen molar-refractivity contribution in [3.8, 4) is 0 Å². The minimum Gasteiger partial charge on any atom is -0.498 e. The number of hydrogen-bond donors (Lipinski definition) is 0. The molecule has 1 fully saturated rings. The van der Waals surface area contributed by atoms with Gasteiger partial charge in [-0.3, -0.25) is 14.5 Å². The topological polar surface area (TPSA) is 55.8 Å². The Morgan fingerprint density at radius 2 is 1.82 bits per heavy atom. The second-order valence-corrected chi connectivity index (χ2v) is 5.37. The predicted octanol–water partition coefficient (Wildman–Crippen LogP) is 1.75. The molecule has 0 aliphatic carbocycles. The van der Waals surface area contributed by atoms with Crippen molar-refractivity contribution in [2.45, 2.75) is 12.2 Å². The van der Waals surface area contributed by atoms with E-state index in [1.54, 1.807) is 0 Å². The summed E-state index contributed by atoms with van der Waals surface area (Å²) in [4.78, 5) is 24.7. The Morgan fingerprint density at radius 3 is 2.32 bits per heavy atom. The Hall–Kier alpha value is -1.67. The van der Waals surface area contributed by atoms with Crippen LogP contribution >= 0.6 is 11.6 Å². The van der Waals surface area contributed by atoms with Crippen LogP contribution in [0.4, 0.5) is 8.78 Å². The van der Waals surface area contributed by atoms with Crippen LogP contribution in [0.25, 0.3) is 0 Å². The minimum absolute atomic E-state index is 0.127. The van der Waals surface area contributed by atoms with Gasteiger partial charge in [0.15, 0.2) is 0 Å². The Morgan fingerprint density at radius 1 is 1.23 bits per heavy atom. The zero-order valence-electron chi connectivity index (χ0n) is 11.7. The summed E-state index contributed by atoms with van der Waals surface area (Å²) >= 11 is 5.80.